The van der Waals surface area contributed by atoms with Crippen LogP contribution in [0.2, 0.25) is 0 Å². The van der Waals surface area contributed by atoms with Gasteiger partial charge in [-0.05, 0) is 45.1 Å². The summed E-state index contributed by atoms with van der Waals surface area (Å²) < 4.78 is 18.3. The lowest BCUT2D eigenvalue weighted by atomic mass is 9.73. The maximum absolute atomic E-state index is 13.5. The Kier molecular flexibility index (Phi) is 4.78. The molecule has 164 valence electrons. The SMILES string of the molecule is CC12CCC3(C)OCC(COC(=O)C(O)(c4ccccc4)C4CCCCC4)(CO1)N23. The van der Waals surface area contributed by atoms with E-state index in [1.165, 1.54) is 0 Å². The van der Waals surface area contributed by atoms with Crippen molar-refractivity contribution in [3.63, 3.8) is 0 Å². The fourth-order valence-electron chi connectivity index (χ4n) is 6.41. The van der Waals surface area contributed by atoms with Crippen molar-refractivity contribution in [2.75, 3.05) is 19.8 Å². The van der Waals surface area contributed by atoms with E-state index < -0.39 is 17.1 Å². The highest BCUT2D eigenvalue weighted by Crippen LogP contribution is 2.55. The first-order valence-electron chi connectivity index (χ1n) is 11.4. The molecule has 1 aromatic rings. The van der Waals surface area contributed by atoms with E-state index in [2.05, 4.69) is 18.7 Å². The molecule has 6 heteroatoms. The largest absolute Gasteiger partial charge is 0.461 e. The van der Waals surface area contributed by atoms with Crippen LogP contribution in [0.15, 0.2) is 30.3 Å². The molecule has 3 atom stereocenters. The summed E-state index contributed by atoms with van der Waals surface area (Å²) in [5.41, 5.74) is -2.23. The van der Waals surface area contributed by atoms with Crippen molar-refractivity contribution in [1.29, 1.82) is 0 Å². The Labute approximate surface area is 178 Å². The molecule has 6 nitrogen and oxygen atoms in total. The molecule has 5 rings (SSSR count). The number of hydrogen-bond acceptors (Lipinski definition) is 6. The number of ether oxygens (including phenoxy) is 3. The first kappa shape index (κ1) is 20.4. The molecular formula is C24H33NO5. The Morgan fingerprint density at radius 2 is 1.70 bits per heavy atom. The van der Waals surface area contributed by atoms with Crippen molar-refractivity contribution in [2.24, 2.45) is 5.92 Å². The molecule has 30 heavy (non-hydrogen) atoms. The molecule has 0 amide bonds. The Morgan fingerprint density at radius 1 is 1.10 bits per heavy atom. The van der Waals surface area contributed by atoms with Gasteiger partial charge in [-0.3, -0.25) is 0 Å². The second-order valence-electron chi connectivity index (χ2n) is 10.0. The summed E-state index contributed by atoms with van der Waals surface area (Å²) in [6, 6.07) is 9.30. The maximum atomic E-state index is 13.5. The van der Waals surface area contributed by atoms with Crippen LogP contribution < -0.4 is 0 Å². The molecule has 3 saturated heterocycles. The molecule has 4 fully saturated rings. The topological polar surface area (TPSA) is 68.2 Å². The van der Waals surface area contributed by atoms with Gasteiger partial charge in [-0.2, -0.15) is 0 Å². The second kappa shape index (κ2) is 7.02. The molecule has 3 unspecified atom stereocenters. The lowest BCUT2D eigenvalue weighted by Crippen LogP contribution is -2.57. The van der Waals surface area contributed by atoms with Crippen LogP contribution in [0.1, 0.15) is 64.4 Å². The van der Waals surface area contributed by atoms with Gasteiger partial charge in [-0.15, -0.1) is 0 Å². The second-order valence-corrected chi connectivity index (χ2v) is 10.0. The summed E-state index contributed by atoms with van der Waals surface area (Å²) in [6.45, 7) is 5.30. The summed E-state index contributed by atoms with van der Waals surface area (Å²) in [5.74, 6) is -0.669. The Morgan fingerprint density at radius 3 is 2.30 bits per heavy atom. The number of rotatable bonds is 5. The molecule has 1 aromatic carbocycles. The van der Waals surface area contributed by atoms with E-state index >= 15 is 0 Å². The van der Waals surface area contributed by atoms with Crippen LogP contribution in [0.25, 0.3) is 0 Å². The van der Waals surface area contributed by atoms with Crippen molar-refractivity contribution in [2.45, 2.75) is 81.4 Å². The summed E-state index contributed by atoms with van der Waals surface area (Å²) in [5, 5.41) is 11.8. The molecule has 3 heterocycles. The van der Waals surface area contributed by atoms with Crippen LogP contribution in [0.4, 0.5) is 0 Å². The number of benzene rings is 1. The fraction of sp³-hybridized carbons (Fsp3) is 0.708. The Bertz CT molecular complexity index is 787. The normalized spacial score (nSPS) is 38.4. The minimum atomic E-state index is -1.62. The quantitative estimate of drug-likeness (QED) is 0.744. The van der Waals surface area contributed by atoms with Crippen molar-refractivity contribution >= 4 is 5.97 Å². The molecule has 0 bridgehead atoms. The summed E-state index contributed by atoms with van der Waals surface area (Å²) in [7, 11) is 0. The highest BCUT2D eigenvalue weighted by atomic mass is 16.6. The van der Waals surface area contributed by atoms with Crippen LogP contribution in [0.3, 0.4) is 0 Å². The number of nitrogens with zero attached hydrogens (tertiary/aromatic N) is 1. The average Bonchev–Trinajstić information content (AvgIpc) is 3.36. The molecule has 0 spiro atoms. The van der Waals surface area contributed by atoms with E-state index in [9.17, 15) is 9.90 Å². The van der Waals surface area contributed by atoms with Crippen molar-refractivity contribution in [3.8, 4) is 0 Å². The minimum Gasteiger partial charge on any atom is -0.461 e. The monoisotopic (exact) mass is 415 g/mol. The zero-order valence-electron chi connectivity index (χ0n) is 18.1. The minimum absolute atomic E-state index is 0.124. The van der Waals surface area contributed by atoms with Crippen molar-refractivity contribution < 1.29 is 24.1 Å². The predicted octanol–water partition coefficient (Wildman–Crippen LogP) is 3.33. The summed E-state index contributed by atoms with van der Waals surface area (Å²) in [6.07, 6.45) is 6.68. The van der Waals surface area contributed by atoms with Gasteiger partial charge in [-0.25, -0.2) is 9.69 Å². The highest BCUT2D eigenvalue weighted by Gasteiger charge is 2.69. The van der Waals surface area contributed by atoms with E-state index in [0.717, 1.165) is 44.9 Å². The molecular weight excluding hydrogens is 382 g/mol. The number of esters is 1. The van der Waals surface area contributed by atoms with Gasteiger partial charge >= 0.3 is 5.97 Å². The van der Waals surface area contributed by atoms with Gasteiger partial charge in [-0.1, -0.05) is 49.6 Å². The predicted molar refractivity (Wildman–Crippen MR) is 110 cm³/mol. The molecule has 1 N–H and O–H groups in total. The third-order valence-corrected chi connectivity index (χ3v) is 7.97. The first-order valence-corrected chi connectivity index (χ1v) is 11.4. The smallest absolute Gasteiger partial charge is 0.343 e. The van der Waals surface area contributed by atoms with Gasteiger partial charge in [0.2, 0.25) is 0 Å². The number of aliphatic hydroxyl groups is 1. The average molecular weight is 416 g/mol. The molecule has 3 aliphatic heterocycles. The van der Waals surface area contributed by atoms with Gasteiger partial charge in [0.15, 0.2) is 5.60 Å². The van der Waals surface area contributed by atoms with Crippen LogP contribution in [-0.4, -0.2) is 52.8 Å². The fourth-order valence-corrected chi connectivity index (χ4v) is 6.41. The standard InChI is InChI=1S/C24H33NO5/c1-21-13-14-22(2)25(21)23(16-29-21,17-30-22)15-28-20(26)24(27,18-9-5-3-6-10-18)19-11-7-4-8-12-19/h3,5-6,9-10,19,27H,4,7-8,11-17H2,1-2H3. The lowest BCUT2D eigenvalue weighted by molar-refractivity contribution is -0.179. The van der Waals surface area contributed by atoms with Crippen LogP contribution >= 0.6 is 0 Å². The molecule has 1 aliphatic carbocycles. The van der Waals surface area contributed by atoms with E-state index in [1.807, 2.05) is 30.3 Å². The van der Waals surface area contributed by atoms with Crippen LogP contribution in [0, 0.1) is 5.92 Å². The lowest BCUT2D eigenvalue weighted by Gasteiger charge is -2.39. The zero-order chi connectivity index (χ0) is 21.0. The van der Waals surface area contributed by atoms with Gasteiger partial charge in [0, 0.05) is 5.92 Å². The molecule has 1 saturated carbocycles. The van der Waals surface area contributed by atoms with Crippen molar-refractivity contribution in [3.05, 3.63) is 35.9 Å². The highest BCUT2D eigenvalue weighted by molar-refractivity contribution is 5.81. The summed E-state index contributed by atoms with van der Waals surface area (Å²) >= 11 is 0. The van der Waals surface area contributed by atoms with Crippen molar-refractivity contribution in [1.82, 2.24) is 4.90 Å². The summed E-state index contributed by atoms with van der Waals surface area (Å²) in [4.78, 5) is 15.8. The molecule has 0 radical (unpaired) electrons. The molecule has 4 aliphatic rings. The van der Waals surface area contributed by atoms with Gasteiger partial charge < -0.3 is 19.3 Å². The van der Waals surface area contributed by atoms with Gasteiger partial charge in [0.1, 0.15) is 23.6 Å². The first-order chi connectivity index (χ1) is 14.3. The van der Waals surface area contributed by atoms with Crippen LogP contribution in [-0.2, 0) is 24.6 Å². The van der Waals surface area contributed by atoms with E-state index in [4.69, 9.17) is 14.2 Å². The Balaban J connectivity index is 1.39. The number of hydrogen-bond donors (Lipinski definition) is 1. The molecule has 0 aromatic heterocycles. The van der Waals surface area contributed by atoms with E-state index in [0.29, 0.717) is 18.8 Å². The van der Waals surface area contributed by atoms with E-state index in [-0.39, 0.29) is 24.0 Å². The van der Waals surface area contributed by atoms with Gasteiger partial charge in [0.25, 0.3) is 0 Å². The van der Waals surface area contributed by atoms with E-state index in [1.54, 1.807) is 0 Å². The third kappa shape index (κ3) is 2.88. The third-order valence-electron chi connectivity index (χ3n) is 7.97. The number of carbonyl (C=O) groups is 1. The van der Waals surface area contributed by atoms with Crippen LogP contribution in [0.5, 0.6) is 0 Å². The number of carbonyl (C=O) groups excluding carboxylic acids is 1. The Hall–Kier alpha value is -1.47. The zero-order valence-corrected chi connectivity index (χ0v) is 18.1. The van der Waals surface area contributed by atoms with Gasteiger partial charge in [0.05, 0.1) is 13.2 Å². The maximum Gasteiger partial charge on any atom is 0.343 e.